The number of carbonyl (C=O) groups is 1. The molecule has 0 aromatic rings. The molecule has 0 fully saturated rings. The topological polar surface area (TPSA) is 29.1 Å². The fourth-order valence-corrected chi connectivity index (χ4v) is 0.165. The number of amides is 1. The number of hydrogen-bond acceptors (Lipinski definition) is 1. The molecule has 1 amide bonds. The van der Waals surface area contributed by atoms with Crippen LogP contribution in [0.25, 0.3) is 0 Å². The number of rotatable bonds is 1. The molecule has 0 rings (SSSR count). The van der Waals surface area contributed by atoms with E-state index in [0.717, 1.165) is 0 Å². The van der Waals surface area contributed by atoms with Gasteiger partial charge in [-0.1, -0.05) is 34.3 Å². The molecule has 66 valence electrons. The van der Waals surface area contributed by atoms with Gasteiger partial charge in [0.05, 0.1) is 0 Å². The lowest BCUT2D eigenvalue weighted by molar-refractivity contribution is -0.116. The Bertz CT molecular complexity index is 113. The molecule has 0 bridgehead atoms. The average molecular weight is 157 g/mol. The highest BCUT2D eigenvalue weighted by molar-refractivity contribution is 5.86. The molecule has 0 heterocycles. The zero-order chi connectivity index (χ0) is 9.70. The Labute approximate surface area is 70.0 Å². The summed E-state index contributed by atoms with van der Waals surface area (Å²) >= 11 is 0. The Kier molecular flexibility index (Phi) is 34.6. The summed E-state index contributed by atoms with van der Waals surface area (Å²) in [7, 11) is 1.55. The minimum atomic E-state index is -0.171. The maximum absolute atomic E-state index is 10.1. The average Bonchev–Trinajstić information content (AvgIpc) is 2.12. The second kappa shape index (κ2) is 23.0. The molecule has 0 aliphatic rings. The lowest BCUT2D eigenvalue weighted by Crippen LogP contribution is -2.13. The zero-order valence-electron chi connectivity index (χ0n) is 8.19. The minimum absolute atomic E-state index is 0.171. The minimum Gasteiger partial charge on any atom is -0.355 e. The molecular weight excluding hydrogens is 138 g/mol. The molecular formula is C9H19NO. The third-order valence-electron chi connectivity index (χ3n) is 0.480. The van der Waals surface area contributed by atoms with E-state index in [0.29, 0.717) is 0 Å². The van der Waals surface area contributed by atoms with E-state index in [9.17, 15) is 4.79 Å². The van der Waals surface area contributed by atoms with Crippen LogP contribution in [0, 0.1) is 0 Å². The smallest absolute Gasteiger partial charge is 0.251 e. The van der Waals surface area contributed by atoms with Crippen LogP contribution in [-0.2, 0) is 4.79 Å². The largest absolute Gasteiger partial charge is 0.355 e. The van der Waals surface area contributed by atoms with E-state index in [2.05, 4.69) is 17.6 Å². The van der Waals surface area contributed by atoms with Gasteiger partial charge in [0.25, 0.3) is 5.91 Å². The van der Waals surface area contributed by atoms with Crippen molar-refractivity contribution in [1.29, 1.82) is 0 Å². The van der Waals surface area contributed by atoms with E-state index in [1.54, 1.807) is 7.05 Å². The van der Waals surface area contributed by atoms with Crippen LogP contribution in [0.4, 0.5) is 0 Å². The fourth-order valence-electron chi connectivity index (χ4n) is 0.165. The van der Waals surface area contributed by atoms with Crippen molar-refractivity contribution in [3.05, 3.63) is 18.4 Å². The van der Waals surface area contributed by atoms with Gasteiger partial charge in [-0.05, 0) is 0 Å². The molecule has 0 unspecified atom stereocenters. The molecule has 0 aromatic carbocycles. The van der Waals surface area contributed by atoms with Crippen LogP contribution in [0.15, 0.2) is 18.4 Å². The van der Waals surface area contributed by atoms with Gasteiger partial charge in [-0.15, -0.1) is 5.73 Å². The van der Waals surface area contributed by atoms with E-state index in [-0.39, 0.29) is 5.91 Å². The van der Waals surface area contributed by atoms with Crippen LogP contribution in [0.5, 0.6) is 0 Å². The van der Waals surface area contributed by atoms with Crippen molar-refractivity contribution in [3.8, 4) is 0 Å². The lowest BCUT2D eigenvalue weighted by Gasteiger charge is -1.82. The summed E-state index contributed by atoms with van der Waals surface area (Å²) in [5, 5.41) is 2.37. The Morgan fingerprint density at radius 1 is 1.36 bits per heavy atom. The molecule has 0 radical (unpaired) electrons. The highest BCUT2D eigenvalue weighted by Crippen LogP contribution is 1.60. The van der Waals surface area contributed by atoms with Gasteiger partial charge in [-0.3, -0.25) is 4.79 Å². The van der Waals surface area contributed by atoms with Gasteiger partial charge in [0.15, 0.2) is 0 Å². The molecule has 0 aromatic heterocycles. The van der Waals surface area contributed by atoms with E-state index < -0.39 is 0 Å². The predicted octanol–water partition coefficient (Wildman–Crippen LogP) is 2.13. The molecule has 0 aliphatic heterocycles. The number of carbonyl (C=O) groups excluding carboxylic acids is 1. The van der Waals surface area contributed by atoms with Crippen molar-refractivity contribution >= 4 is 5.91 Å². The Balaban J connectivity index is -0.000000138. The first kappa shape index (κ1) is 16.5. The highest BCUT2D eigenvalue weighted by atomic mass is 16.1. The van der Waals surface area contributed by atoms with E-state index >= 15 is 0 Å². The van der Waals surface area contributed by atoms with Crippen LogP contribution in [0.2, 0.25) is 0 Å². The van der Waals surface area contributed by atoms with Gasteiger partial charge >= 0.3 is 0 Å². The number of likely N-dealkylation sites (N-methyl/N-ethyl adjacent to an activating group) is 1. The van der Waals surface area contributed by atoms with Crippen molar-refractivity contribution in [3.63, 3.8) is 0 Å². The van der Waals surface area contributed by atoms with E-state index in [4.69, 9.17) is 0 Å². The summed E-state index contributed by atoms with van der Waals surface area (Å²) < 4.78 is 0. The Morgan fingerprint density at radius 2 is 1.73 bits per heavy atom. The second-order valence-electron chi connectivity index (χ2n) is 0.963. The van der Waals surface area contributed by atoms with Crippen molar-refractivity contribution < 1.29 is 4.79 Å². The summed E-state index contributed by atoms with van der Waals surface area (Å²) in [6.07, 6.45) is 1.24. The highest BCUT2D eigenvalue weighted by Gasteiger charge is 1.81. The monoisotopic (exact) mass is 157 g/mol. The molecule has 0 atom stereocenters. The lowest BCUT2D eigenvalue weighted by atomic mass is 10.6. The SMILES string of the molecule is C=C=CC(=O)NC.CC.CC. The Hall–Kier alpha value is -1.01. The summed E-state index contributed by atoms with van der Waals surface area (Å²) in [6, 6.07) is 0. The molecule has 11 heavy (non-hydrogen) atoms. The third kappa shape index (κ3) is 27.6. The normalized spacial score (nSPS) is 5.18. The van der Waals surface area contributed by atoms with E-state index in [1.165, 1.54) is 6.08 Å². The first-order valence-electron chi connectivity index (χ1n) is 3.89. The number of nitrogens with one attached hydrogen (secondary N) is 1. The summed E-state index contributed by atoms with van der Waals surface area (Å²) in [5.41, 5.74) is 2.33. The molecule has 1 N–H and O–H groups in total. The summed E-state index contributed by atoms with van der Waals surface area (Å²) in [4.78, 5) is 10.1. The van der Waals surface area contributed by atoms with Gasteiger partial charge in [-0.2, -0.15) is 0 Å². The van der Waals surface area contributed by atoms with E-state index in [1.807, 2.05) is 27.7 Å². The van der Waals surface area contributed by atoms with Crippen LogP contribution in [0.1, 0.15) is 27.7 Å². The molecule has 0 spiro atoms. The van der Waals surface area contributed by atoms with Gasteiger partial charge in [0, 0.05) is 13.1 Å². The first-order chi connectivity index (χ1) is 5.31. The molecule has 2 nitrogen and oxygen atoms in total. The quantitative estimate of drug-likeness (QED) is 0.458. The van der Waals surface area contributed by atoms with Crippen molar-refractivity contribution in [2.45, 2.75) is 27.7 Å². The van der Waals surface area contributed by atoms with Crippen molar-refractivity contribution in [2.75, 3.05) is 7.05 Å². The second-order valence-corrected chi connectivity index (χ2v) is 0.963. The van der Waals surface area contributed by atoms with Gasteiger partial charge in [0.1, 0.15) is 0 Å². The first-order valence-corrected chi connectivity index (χ1v) is 3.89. The predicted molar refractivity (Wildman–Crippen MR) is 50.5 cm³/mol. The maximum Gasteiger partial charge on any atom is 0.251 e. The van der Waals surface area contributed by atoms with Crippen LogP contribution in [0.3, 0.4) is 0 Å². The zero-order valence-corrected chi connectivity index (χ0v) is 8.19. The molecule has 2 heteroatoms. The third-order valence-corrected chi connectivity index (χ3v) is 0.480. The van der Waals surface area contributed by atoms with Crippen LogP contribution < -0.4 is 5.32 Å². The Morgan fingerprint density at radius 3 is 1.82 bits per heavy atom. The maximum atomic E-state index is 10.1. The van der Waals surface area contributed by atoms with Gasteiger partial charge in [0.2, 0.25) is 0 Å². The van der Waals surface area contributed by atoms with Crippen LogP contribution in [-0.4, -0.2) is 13.0 Å². The fraction of sp³-hybridized carbons (Fsp3) is 0.556. The summed E-state index contributed by atoms with van der Waals surface area (Å²) in [6.45, 7) is 11.2. The van der Waals surface area contributed by atoms with Crippen LogP contribution >= 0.6 is 0 Å². The summed E-state index contributed by atoms with van der Waals surface area (Å²) in [5.74, 6) is -0.171. The number of hydrogen-bond donors (Lipinski definition) is 1. The van der Waals surface area contributed by atoms with Gasteiger partial charge in [-0.25, -0.2) is 0 Å². The standard InChI is InChI=1S/C5H7NO.2C2H6/c1-3-4-5(7)6-2;2*1-2/h4H,1H2,2H3,(H,6,7);2*1-2H3. The molecule has 0 saturated carbocycles. The molecule has 0 saturated heterocycles. The molecule has 0 aliphatic carbocycles. The van der Waals surface area contributed by atoms with Crippen molar-refractivity contribution in [2.24, 2.45) is 0 Å². The van der Waals surface area contributed by atoms with Crippen molar-refractivity contribution in [1.82, 2.24) is 5.32 Å². The van der Waals surface area contributed by atoms with Gasteiger partial charge < -0.3 is 5.32 Å².